The fraction of sp³-hybridized carbons (Fsp3) is 0.0625. The predicted molar refractivity (Wildman–Crippen MR) is 89.6 cm³/mol. The van der Waals surface area contributed by atoms with E-state index in [0.29, 0.717) is 16.5 Å². The number of nitrogens with one attached hydrogen (secondary N) is 1. The van der Waals surface area contributed by atoms with Gasteiger partial charge in [-0.05, 0) is 23.8 Å². The standard InChI is InChI=1S/C16H14N2O5S/c1-23-13-7-6-9(8-12(13)19)14-10-4-2-3-5-11(10)18-16(20)15(14)24(17,21)22/h2-8,19H,1H3,(H,18,20)(H2,17,21,22). The van der Waals surface area contributed by atoms with Crippen LogP contribution in [0.15, 0.2) is 52.2 Å². The number of H-pyrrole nitrogens is 1. The molecule has 0 aliphatic rings. The number of rotatable bonds is 3. The van der Waals surface area contributed by atoms with E-state index in [0.717, 1.165) is 0 Å². The van der Waals surface area contributed by atoms with E-state index in [1.165, 1.54) is 19.2 Å². The van der Waals surface area contributed by atoms with Crippen molar-refractivity contribution in [2.24, 2.45) is 5.14 Å². The van der Waals surface area contributed by atoms with Gasteiger partial charge in [0.2, 0.25) is 10.0 Å². The third kappa shape index (κ3) is 2.61. The van der Waals surface area contributed by atoms with Gasteiger partial charge in [0.1, 0.15) is 0 Å². The van der Waals surface area contributed by atoms with Crippen LogP contribution in [-0.4, -0.2) is 25.6 Å². The summed E-state index contributed by atoms with van der Waals surface area (Å²) in [5.74, 6) is 0.0461. The number of para-hydroxylation sites is 1. The number of aromatic nitrogens is 1. The predicted octanol–water partition coefficient (Wildman–Crippen LogP) is 1.56. The smallest absolute Gasteiger partial charge is 0.269 e. The molecule has 7 nitrogen and oxygen atoms in total. The van der Waals surface area contributed by atoms with Crippen molar-refractivity contribution in [1.82, 2.24) is 4.98 Å². The van der Waals surface area contributed by atoms with Gasteiger partial charge in [-0.2, -0.15) is 0 Å². The van der Waals surface area contributed by atoms with Crippen molar-refractivity contribution in [2.75, 3.05) is 7.11 Å². The maximum absolute atomic E-state index is 12.3. The summed E-state index contributed by atoms with van der Waals surface area (Å²) in [6.07, 6.45) is 0. The van der Waals surface area contributed by atoms with Crippen molar-refractivity contribution >= 4 is 20.9 Å². The molecule has 0 unspecified atom stereocenters. The second-order valence-electron chi connectivity index (χ2n) is 5.14. The first-order valence-electron chi connectivity index (χ1n) is 6.88. The van der Waals surface area contributed by atoms with Gasteiger partial charge in [0.05, 0.1) is 7.11 Å². The van der Waals surface area contributed by atoms with E-state index in [1.807, 2.05) is 0 Å². The molecule has 124 valence electrons. The van der Waals surface area contributed by atoms with Crippen molar-refractivity contribution in [1.29, 1.82) is 0 Å². The van der Waals surface area contributed by atoms with E-state index in [-0.39, 0.29) is 17.1 Å². The quantitative estimate of drug-likeness (QED) is 0.664. The molecular formula is C16H14N2O5S. The number of hydrogen-bond acceptors (Lipinski definition) is 5. The Balaban J connectivity index is 2.49. The molecule has 0 fully saturated rings. The number of primary sulfonamides is 1. The molecule has 0 spiro atoms. The third-order valence-electron chi connectivity index (χ3n) is 3.63. The highest BCUT2D eigenvalue weighted by atomic mass is 32.2. The van der Waals surface area contributed by atoms with Crippen LogP contribution in [-0.2, 0) is 10.0 Å². The van der Waals surface area contributed by atoms with Crippen molar-refractivity contribution < 1.29 is 18.3 Å². The zero-order valence-corrected chi connectivity index (χ0v) is 13.4. The average Bonchev–Trinajstić information content (AvgIpc) is 2.52. The van der Waals surface area contributed by atoms with Gasteiger partial charge in [-0.1, -0.05) is 24.3 Å². The molecule has 0 bridgehead atoms. The molecule has 24 heavy (non-hydrogen) atoms. The van der Waals surface area contributed by atoms with Crippen LogP contribution < -0.4 is 15.4 Å². The van der Waals surface area contributed by atoms with Gasteiger partial charge in [-0.3, -0.25) is 4.79 Å². The van der Waals surface area contributed by atoms with E-state index in [9.17, 15) is 18.3 Å². The molecule has 0 aliphatic heterocycles. The minimum Gasteiger partial charge on any atom is -0.504 e. The van der Waals surface area contributed by atoms with Crippen LogP contribution in [0.5, 0.6) is 11.5 Å². The number of sulfonamides is 1. The minimum atomic E-state index is -4.29. The Morgan fingerprint density at radius 3 is 2.50 bits per heavy atom. The van der Waals surface area contributed by atoms with Crippen LogP contribution >= 0.6 is 0 Å². The zero-order chi connectivity index (χ0) is 17.5. The number of ether oxygens (including phenoxy) is 1. The molecule has 0 atom stereocenters. The van der Waals surface area contributed by atoms with Gasteiger partial charge < -0.3 is 14.8 Å². The van der Waals surface area contributed by atoms with Crippen molar-refractivity contribution in [3.05, 3.63) is 52.8 Å². The molecule has 2 aromatic carbocycles. The van der Waals surface area contributed by atoms with Gasteiger partial charge in [0.15, 0.2) is 16.4 Å². The largest absolute Gasteiger partial charge is 0.504 e. The number of aromatic amines is 1. The number of nitrogens with two attached hydrogens (primary N) is 1. The Bertz CT molecular complexity index is 1100. The summed E-state index contributed by atoms with van der Waals surface area (Å²) >= 11 is 0. The van der Waals surface area contributed by atoms with Crippen molar-refractivity contribution in [2.45, 2.75) is 4.90 Å². The van der Waals surface area contributed by atoms with Crippen LogP contribution in [0.1, 0.15) is 0 Å². The van der Waals surface area contributed by atoms with Crippen LogP contribution in [0.2, 0.25) is 0 Å². The summed E-state index contributed by atoms with van der Waals surface area (Å²) in [7, 11) is -2.89. The topological polar surface area (TPSA) is 122 Å². The molecule has 1 heterocycles. The van der Waals surface area contributed by atoms with Gasteiger partial charge in [0.25, 0.3) is 5.56 Å². The number of phenols is 1. The molecule has 0 saturated heterocycles. The normalized spacial score (nSPS) is 11.6. The number of benzene rings is 2. The summed E-state index contributed by atoms with van der Waals surface area (Å²) in [4.78, 5) is 14.2. The second-order valence-corrected chi connectivity index (χ2v) is 6.63. The summed E-state index contributed by atoms with van der Waals surface area (Å²) in [5.41, 5.74) is 0.108. The summed E-state index contributed by atoms with van der Waals surface area (Å²) in [6, 6.07) is 11.1. The molecule has 4 N–H and O–H groups in total. The molecule has 0 radical (unpaired) electrons. The molecule has 3 rings (SSSR count). The summed E-state index contributed by atoms with van der Waals surface area (Å²) < 4.78 is 28.9. The number of fused-ring (bicyclic) bond motifs is 1. The van der Waals surface area contributed by atoms with Crippen LogP contribution in [0.4, 0.5) is 0 Å². The monoisotopic (exact) mass is 346 g/mol. The van der Waals surface area contributed by atoms with E-state index >= 15 is 0 Å². The summed E-state index contributed by atoms with van der Waals surface area (Å²) in [6.45, 7) is 0. The summed E-state index contributed by atoms with van der Waals surface area (Å²) in [5, 5.41) is 15.7. The van der Waals surface area contributed by atoms with E-state index < -0.39 is 20.5 Å². The number of methoxy groups -OCH3 is 1. The lowest BCUT2D eigenvalue weighted by Crippen LogP contribution is -2.24. The molecule has 3 aromatic rings. The molecule has 1 aromatic heterocycles. The Kier molecular flexibility index (Phi) is 3.78. The van der Waals surface area contributed by atoms with E-state index in [2.05, 4.69) is 4.98 Å². The van der Waals surface area contributed by atoms with E-state index in [4.69, 9.17) is 9.88 Å². The Morgan fingerprint density at radius 2 is 1.88 bits per heavy atom. The third-order valence-corrected chi connectivity index (χ3v) is 4.59. The van der Waals surface area contributed by atoms with Gasteiger partial charge >= 0.3 is 0 Å². The highest BCUT2D eigenvalue weighted by Gasteiger charge is 2.23. The Morgan fingerprint density at radius 1 is 1.17 bits per heavy atom. The Hall–Kier alpha value is -2.84. The lowest BCUT2D eigenvalue weighted by molar-refractivity contribution is 0.373. The zero-order valence-electron chi connectivity index (χ0n) is 12.6. The second kappa shape index (κ2) is 5.66. The fourth-order valence-electron chi connectivity index (χ4n) is 2.63. The molecule has 0 saturated carbocycles. The van der Waals surface area contributed by atoms with Crippen LogP contribution in [0, 0.1) is 0 Å². The average molecular weight is 346 g/mol. The molecule has 0 aliphatic carbocycles. The first-order chi connectivity index (χ1) is 11.3. The van der Waals surface area contributed by atoms with Crippen LogP contribution in [0.3, 0.4) is 0 Å². The van der Waals surface area contributed by atoms with Gasteiger partial charge in [-0.15, -0.1) is 0 Å². The van der Waals surface area contributed by atoms with Gasteiger partial charge in [-0.25, -0.2) is 13.6 Å². The number of phenolic OH excluding ortho intramolecular Hbond substituents is 1. The highest BCUT2D eigenvalue weighted by Crippen LogP contribution is 2.36. The lowest BCUT2D eigenvalue weighted by atomic mass is 10.0. The maximum Gasteiger partial charge on any atom is 0.269 e. The first kappa shape index (κ1) is 16.0. The first-order valence-corrected chi connectivity index (χ1v) is 8.42. The van der Waals surface area contributed by atoms with Crippen molar-refractivity contribution in [3.63, 3.8) is 0 Å². The number of pyridine rings is 1. The van der Waals surface area contributed by atoms with Crippen molar-refractivity contribution in [3.8, 4) is 22.6 Å². The fourth-order valence-corrected chi connectivity index (χ4v) is 3.45. The number of aromatic hydroxyl groups is 1. The minimum absolute atomic E-state index is 0.134. The molecule has 8 heteroatoms. The molecular weight excluding hydrogens is 332 g/mol. The number of hydrogen-bond donors (Lipinski definition) is 3. The highest BCUT2D eigenvalue weighted by molar-refractivity contribution is 7.89. The molecule has 0 amide bonds. The SMILES string of the molecule is COc1ccc(-c2c(S(N)(=O)=O)c(=O)[nH]c3ccccc23)cc1O. The van der Waals surface area contributed by atoms with E-state index in [1.54, 1.807) is 30.3 Å². The lowest BCUT2D eigenvalue weighted by Gasteiger charge is -2.12. The Labute approximate surface area is 137 Å². The maximum atomic E-state index is 12.3. The van der Waals surface area contributed by atoms with Crippen LogP contribution in [0.25, 0.3) is 22.0 Å². The van der Waals surface area contributed by atoms with Gasteiger partial charge in [0, 0.05) is 16.5 Å².